The highest BCUT2D eigenvalue weighted by Gasteiger charge is 2.13. The van der Waals surface area contributed by atoms with Crippen molar-refractivity contribution in [3.63, 3.8) is 0 Å². The second-order valence-corrected chi connectivity index (χ2v) is 4.94. The van der Waals surface area contributed by atoms with Gasteiger partial charge in [-0.1, -0.05) is 11.6 Å². The van der Waals surface area contributed by atoms with Crippen molar-refractivity contribution in [2.45, 2.75) is 6.42 Å². The van der Waals surface area contributed by atoms with Crippen molar-refractivity contribution in [1.29, 1.82) is 0 Å². The summed E-state index contributed by atoms with van der Waals surface area (Å²) < 4.78 is 12.8. The van der Waals surface area contributed by atoms with Gasteiger partial charge in [0.05, 0.1) is 4.92 Å². The normalized spacial score (nSPS) is 10.3. The molecule has 0 heterocycles. The molecule has 0 unspecified atom stereocenters. The van der Waals surface area contributed by atoms with E-state index in [1.54, 1.807) is 6.07 Å². The summed E-state index contributed by atoms with van der Waals surface area (Å²) in [7, 11) is 0. The fourth-order valence-electron chi connectivity index (χ4n) is 1.86. The Hall–Kier alpha value is -2.47. The van der Waals surface area contributed by atoms with Crippen molar-refractivity contribution >= 4 is 28.8 Å². The van der Waals surface area contributed by atoms with Crippen LogP contribution in [0.1, 0.15) is 16.8 Å². The lowest BCUT2D eigenvalue weighted by atomic mass is 10.1. The van der Waals surface area contributed by atoms with Crippen molar-refractivity contribution in [2.75, 3.05) is 11.9 Å². The van der Waals surface area contributed by atoms with E-state index in [0.29, 0.717) is 17.8 Å². The van der Waals surface area contributed by atoms with Gasteiger partial charge in [0.1, 0.15) is 10.8 Å². The summed E-state index contributed by atoms with van der Waals surface area (Å²) in [4.78, 5) is 22.1. The lowest BCUT2D eigenvalue weighted by Crippen LogP contribution is -2.09. The maximum Gasteiger partial charge on any atom is 0.289 e. The molecule has 0 aliphatic rings. The van der Waals surface area contributed by atoms with E-state index in [4.69, 9.17) is 11.6 Å². The Kier molecular flexibility index (Phi) is 5.06. The number of halogens is 2. The number of ketones is 1. The van der Waals surface area contributed by atoms with Crippen LogP contribution in [0.25, 0.3) is 0 Å². The highest BCUT2D eigenvalue weighted by Crippen LogP contribution is 2.27. The minimum Gasteiger partial charge on any atom is -0.384 e. The van der Waals surface area contributed by atoms with E-state index in [9.17, 15) is 19.3 Å². The summed E-state index contributed by atoms with van der Waals surface area (Å²) in [5.74, 6) is -0.542. The van der Waals surface area contributed by atoms with E-state index in [1.807, 2.05) is 0 Å². The summed E-state index contributed by atoms with van der Waals surface area (Å²) in [6.07, 6.45) is 0.183. The third-order valence-electron chi connectivity index (χ3n) is 2.99. The summed E-state index contributed by atoms with van der Waals surface area (Å²) in [5.41, 5.74) is 0.727. The van der Waals surface area contributed by atoms with Crippen LogP contribution in [0.15, 0.2) is 42.5 Å². The van der Waals surface area contributed by atoms with Gasteiger partial charge < -0.3 is 5.32 Å². The number of hydrogen-bond donors (Lipinski definition) is 1. The highest BCUT2D eigenvalue weighted by atomic mass is 35.5. The third kappa shape index (κ3) is 4.02. The molecule has 0 atom stereocenters. The Morgan fingerprint density at radius 3 is 2.55 bits per heavy atom. The van der Waals surface area contributed by atoms with E-state index in [-0.39, 0.29) is 22.9 Å². The fourth-order valence-corrected chi connectivity index (χ4v) is 2.05. The molecule has 2 aromatic rings. The molecule has 0 spiro atoms. The molecular weight excluding hydrogens is 311 g/mol. The number of anilines is 1. The zero-order valence-corrected chi connectivity index (χ0v) is 12.1. The molecule has 0 aliphatic carbocycles. The van der Waals surface area contributed by atoms with E-state index in [2.05, 4.69) is 5.32 Å². The minimum absolute atomic E-state index is 0.0536. The molecular formula is C15H12ClFN2O3. The van der Waals surface area contributed by atoms with Gasteiger partial charge in [-0.3, -0.25) is 14.9 Å². The summed E-state index contributed by atoms with van der Waals surface area (Å²) in [5, 5.41) is 13.8. The zero-order chi connectivity index (χ0) is 16.1. The van der Waals surface area contributed by atoms with Crippen LogP contribution in [0.4, 0.5) is 15.8 Å². The largest absolute Gasteiger partial charge is 0.384 e. The van der Waals surface area contributed by atoms with Gasteiger partial charge in [0, 0.05) is 30.3 Å². The maximum absolute atomic E-state index is 12.8. The van der Waals surface area contributed by atoms with E-state index in [0.717, 1.165) is 0 Å². The average Bonchev–Trinajstić information content (AvgIpc) is 2.49. The fraction of sp³-hybridized carbons (Fsp3) is 0.133. The van der Waals surface area contributed by atoms with Crippen molar-refractivity contribution in [1.82, 2.24) is 0 Å². The Bertz CT molecular complexity index is 704. The Labute approximate surface area is 130 Å². The molecule has 7 heteroatoms. The topological polar surface area (TPSA) is 72.2 Å². The molecule has 114 valence electrons. The molecule has 0 fully saturated rings. The molecule has 5 nitrogen and oxygen atoms in total. The first-order valence-electron chi connectivity index (χ1n) is 6.44. The van der Waals surface area contributed by atoms with Crippen LogP contribution in [0.3, 0.4) is 0 Å². The van der Waals surface area contributed by atoms with Crippen LogP contribution in [-0.4, -0.2) is 17.3 Å². The lowest BCUT2D eigenvalue weighted by Gasteiger charge is -2.06. The van der Waals surface area contributed by atoms with Crippen LogP contribution < -0.4 is 5.32 Å². The van der Waals surface area contributed by atoms with Crippen LogP contribution in [0.5, 0.6) is 0 Å². The van der Waals surface area contributed by atoms with Gasteiger partial charge in [0.25, 0.3) is 5.69 Å². The quantitative estimate of drug-likeness (QED) is 0.494. The molecule has 0 saturated heterocycles. The second-order valence-electron chi connectivity index (χ2n) is 4.53. The summed E-state index contributed by atoms with van der Waals surface area (Å²) >= 11 is 5.71. The van der Waals surface area contributed by atoms with Crippen molar-refractivity contribution < 1.29 is 14.1 Å². The standard InChI is InChI=1S/C15H12ClFN2O3/c16-13-6-5-12(9-14(13)19(21)22)18-8-7-15(20)10-1-3-11(17)4-2-10/h1-6,9,18H,7-8H2. The van der Waals surface area contributed by atoms with Crippen molar-refractivity contribution in [2.24, 2.45) is 0 Å². The number of Topliss-reactive ketones (excluding diaryl/α,β-unsaturated/α-hetero) is 1. The van der Waals surface area contributed by atoms with Gasteiger partial charge in [0.2, 0.25) is 0 Å². The first-order valence-corrected chi connectivity index (χ1v) is 6.82. The molecule has 1 N–H and O–H groups in total. The van der Waals surface area contributed by atoms with Gasteiger partial charge in [-0.05, 0) is 36.4 Å². The molecule has 0 saturated carbocycles. The predicted molar refractivity (Wildman–Crippen MR) is 81.9 cm³/mol. The number of nitro groups is 1. The molecule has 22 heavy (non-hydrogen) atoms. The van der Waals surface area contributed by atoms with Gasteiger partial charge in [-0.2, -0.15) is 0 Å². The molecule has 2 aromatic carbocycles. The summed E-state index contributed by atoms with van der Waals surface area (Å²) in [6.45, 7) is 0.301. The Morgan fingerprint density at radius 1 is 1.23 bits per heavy atom. The van der Waals surface area contributed by atoms with E-state index >= 15 is 0 Å². The molecule has 0 aliphatic heterocycles. The first kappa shape index (κ1) is 15.9. The molecule has 0 bridgehead atoms. The lowest BCUT2D eigenvalue weighted by molar-refractivity contribution is -0.384. The third-order valence-corrected chi connectivity index (χ3v) is 3.31. The van der Waals surface area contributed by atoms with E-state index < -0.39 is 10.7 Å². The number of carbonyl (C=O) groups excluding carboxylic acids is 1. The highest BCUT2D eigenvalue weighted by molar-refractivity contribution is 6.32. The van der Waals surface area contributed by atoms with Gasteiger partial charge in [-0.25, -0.2) is 4.39 Å². The van der Waals surface area contributed by atoms with Crippen LogP contribution in [0.2, 0.25) is 5.02 Å². The van der Waals surface area contributed by atoms with Gasteiger partial charge in [0.15, 0.2) is 5.78 Å². The number of carbonyl (C=O) groups is 1. The smallest absolute Gasteiger partial charge is 0.289 e. The number of benzene rings is 2. The van der Waals surface area contributed by atoms with Crippen LogP contribution >= 0.6 is 11.6 Å². The number of hydrogen-bond acceptors (Lipinski definition) is 4. The molecule has 0 aromatic heterocycles. The van der Waals surface area contributed by atoms with Gasteiger partial charge >= 0.3 is 0 Å². The summed E-state index contributed by atoms with van der Waals surface area (Å²) in [6, 6.07) is 9.62. The Balaban J connectivity index is 1.93. The monoisotopic (exact) mass is 322 g/mol. The number of nitrogens with one attached hydrogen (secondary N) is 1. The van der Waals surface area contributed by atoms with Crippen LogP contribution in [-0.2, 0) is 0 Å². The number of nitrogens with zero attached hydrogens (tertiary/aromatic N) is 1. The SMILES string of the molecule is O=C(CCNc1ccc(Cl)c([N+](=O)[O-])c1)c1ccc(F)cc1. The zero-order valence-electron chi connectivity index (χ0n) is 11.4. The van der Waals surface area contributed by atoms with Crippen molar-refractivity contribution in [3.05, 3.63) is 69.0 Å². The first-order chi connectivity index (χ1) is 10.5. The van der Waals surface area contributed by atoms with Gasteiger partial charge in [-0.15, -0.1) is 0 Å². The Morgan fingerprint density at radius 2 is 1.91 bits per heavy atom. The minimum atomic E-state index is -0.572. The number of rotatable bonds is 6. The van der Waals surface area contributed by atoms with Crippen molar-refractivity contribution in [3.8, 4) is 0 Å². The van der Waals surface area contributed by atoms with Crippen LogP contribution in [0, 0.1) is 15.9 Å². The second kappa shape index (κ2) is 7.00. The molecule has 0 amide bonds. The molecule has 0 radical (unpaired) electrons. The molecule has 2 rings (SSSR count). The predicted octanol–water partition coefficient (Wildman–Crippen LogP) is 4.07. The van der Waals surface area contributed by atoms with E-state index in [1.165, 1.54) is 36.4 Å². The maximum atomic E-state index is 12.8. The average molecular weight is 323 g/mol. The number of nitro benzene ring substituents is 1.